The fourth-order valence-corrected chi connectivity index (χ4v) is 3.14. The molecule has 1 aliphatic rings. The van der Waals surface area contributed by atoms with Crippen molar-refractivity contribution >= 4 is 35.1 Å². The molecular weight excluding hydrogens is 404 g/mol. The number of methoxy groups -OCH3 is 2. The number of nitrogens with one attached hydrogen (secondary N) is 1. The van der Waals surface area contributed by atoms with Crippen LogP contribution >= 0.6 is 0 Å². The number of hydrogen-bond donors (Lipinski definition) is 1. The van der Waals surface area contributed by atoms with Crippen molar-refractivity contribution in [3.8, 4) is 5.75 Å². The van der Waals surface area contributed by atoms with E-state index in [2.05, 4.69) is 10.1 Å². The van der Waals surface area contributed by atoms with Crippen LogP contribution in [0.2, 0.25) is 0 Å². The second kappa shape index (κ2) is 9.75. The normalized spacial score (nSPS) is 15.4. The molecule has 31 heavy (non-hydrogen) atoms. The summed E-state index contributed by atoms with van der Waals surface area (Å²) in [7, 11) is 2.83. The van der Waals surface area contributed by atoms with Crippen LogP contribution in [0.15, 0.2) is 48.5 Å². The van der Waals surface area contributed by atoms with E-state index < -0.39 is 30.4 Å². The van der Waals surface area contributed by atoms with Crippen LogP contribution in [0.4, 0.5) is 11.4 Å². The van der Waals surface area contributed by atoms with Crippen LogP contribution in [0, 0.1) is 5.92 Å². The lowest BCUT2D eigenvalue weighted by Crippen LogP contribution is -2.28. The lowest BCUT2D eigenvalue weighted by Gasteiger charge is -2.16. The first-order chi connectivity index (χ1) is 14.9. The highest BCUT2D eigenvalue weighted by atomic mass is 16.5. The summed E-state index contributed by atoms with van der Waals surface area (Å²) < 4.78 is 14.8. The Balaban J connectivity index is 1.51. The van der Waals surface area contributed by atoms with Gasteiger partial charge in [0.05, 0.1) is 25.7 Å². The van der Waals surface area contributed by atoms with Crippen molar-refractivity contribution in [3.05, 3.63) is 54.1 Å². The van der Waals surface area contributed by atoms with E-state index in [1.807, 2.05) is 0 Å². The quantitative estimate of drug-likeness (QED) is 0.674. The van der Waals surface area contributed by atoms with Crippen LogP contribution in [0.25, 0.3) is 0 Å². The molecule has 3 rings (SSSR count). The standard InChI is InChI=1S/C22H22N2O7/c1-29-18-9-5-16(6-10-18)23-19(25)13-31-22(28)15-11-20(26)24(12-15)17-7-3-14(4-8-17)21(27)30-2/h3-10,15H,11-13H2,1-2H3,(H,23,25)/t15-/m1/s1. The molecule has 9 heteroatoms. The first-order valence-corrected chi connectivity index (χ1v) is 9.50. The third-order valence-electron chi connectivity index (χ3n) is 4.78. The summed E-state index contributed by atoms with van der Waals surface area (Å²) in [5.41, 5.74) is 1.46. The highest BCUT2D eigenvalue weighted by molar-refractivity contribution is 6.00. The fraction of sp³-hybridized carbons (Fsp3) is 0.273. The number of nitrogens with zero attached hydrogens (tertiary/aromatic N) is 1. The van der Waals surface area contributed by atoms with Crippen LogP contribution in [-0.4, -0.2) is 51.1 Å². The highest BCUT2D eigenvalue weighted by Gasteiger charge is 2.36. The van der Waals surface area contributed by atoms with Crippen LogP contribution < -0.4 is 15.0 Å². The molecule has 9 nitrogen and oxygen atoms in total. The van der Waals surface area contributed by atoms with Gasteiger partial charge in [-0.2, -0.15) is 0 Å². The van der Waals surface area contributed by atoms with E-state index in [1.165, 1.54) is 12.0 Å². The van der Waals surface area contributed by atoms with Gasteiger partial charge in [0.25, 0.3) is 5.91 Å². The molecule has 1 heterocycles. The monoisotopic (exact) mass is 426 g/mol. The average Bonchev–Trinajstić information content (AvgIpc) is 3.19. The zero-order valence-corrected chi connectivity index (χ0v) is 17.1. The maximum atomic E-state index is 12.3. The molecule has 1 N–H and O–H groups in total. The average molecular weight is 426 g/mol. The third-order valence-corrected chi connectivity index (χ3v) is 4.78. The Morgan fingerprint density at radius 1 is 1.03 bits per heavy atom. The molecule has 1 fully saturated rings. The molecule has 2 aromatic rings. The Hall–Kier alpha value is -3.88. The molecule has 2 aromatic carbocycles. The Morgan fingerprint density at radius 3 is 2.32 bits per heavy atom. The number of anilines is 2. The summed E-state index contributed by atoms with van der Waals surface area (Å²) in [5.74, 6) is -1.85. The largest absolute Gasteiger partial charge is 0.497 e. The third kappa shape index (κ3) is 5.39. The smallest absolute Gasteiger partial charge is 0.337 e. The molecular formula is C22H22N2O7. The molecule has 1 atom stereocenters. The Labute approximate surface area is 178 Å². The first-order valence-electron chi connectivity index (χ1n) is 9.50. The van der Waals surface area contributed by atoms with Crippen molar-refractivity contribution in [2.75, 3.05) is 37.6 Å². The minimum absolute atomic E-state index is 0.0162. The minimum atomic E-state index is -0.679. The van der Waals surface area contributed by atoms with Gasteiger partial charge in [-0.25, -0.2) is 4.79 Å². The second-order valence-electron chi connectivity index (χ2n) is 6.83. The summed E-state index contributed by atoms with van der Waals surface area (Å²) in [5, 5.41) is 2.61. The van der Waals surface area contributed by atoms with E-state index in [1.54, 1.807) is 55.6 Å². The van der Waals surface area contributed by atoms with Crippen molar-refractivity contribution in [2.45, 2.75) is 6.42 Å². The number of rotatable bonds is 7. The number of carbonyl (C=O) groups is 4. The number of ether oxygens (including phenoxy) is 3. The fourth-order valence-electron chi connectivity index (χ4n) is 3.14. The second-order valence-corrected chi connectivity index (χ2v) is 6.83. The molecule has 1 aliphatic heterocycles. The highest BCUT2D eigenvalue weighted by Crippen LogP contribution is 2.26. The van der Waals surface area contributed by atoms with Gasteiger partial charge in [0.2, 0.25) is 5.91 Å². The van der Waals surface area contributed by atoms with E-state index in [-0.39, 0.29) is 18.9 Å². The first kappa shape index (κ1) is 21.8. The van der Waals surface area contributed by atoms with Gasteiger partial charge in [-0.05, 0) is 48.5 Å². The molecule has 2 amide bonds. The van der Waals surface area contributed by atoms with Gasteiger partial charge in [0, 0.05) is 24.3 Å². The van der Waals surface area contributed by atoms with E-state index in [0.29, 0.717) is 22.7 Å². The van der Waals surface area contributed by atoms with Crippen molar-refractivity contribution < 1.29 is 33.4 Å². The maximum absolute atomic E-state index is 12.3. The van der Waals surface area contributed by atoms with Gasteiger partial charge in [0.1, 0.15) is 5.75 Å². The van der Waals surface area contributed by atoms with E-state index >= 15 is 0 Å². The molecule has 0 aromatic heterocycles. The molecule has 1 saturated heterocycles. The summed E-state index contributed by atoms with van der Waals surface area (Å²) >= 11 is 0. The van der Waals surface area contributed by atoms with E-state index in [9.17, 15) is 19.2 Å². The van der Waals surface area contributed by atoms with Gasteiger partial charge < -0.3 is 24.4 Å². The topological polar surface area (TPSA) is 111 Å². The zero-order chi connectivity index (χ0) is 22.4. The van der Waals surface area contributed by atoms with Gasteiger partial charge in [-0.3, -0.25) is 14.4 Å². The van der Waals surface area contributed by atoms with E-state index in [4.69, 9.17) is 9.47 Å². The number of hydrogen-bond acceptors (Lipinski definition) is 7. The van der Waals surface area contributed by atoms with Crippen LogP contribution in [0.3, 0.4) is 0 Å². The SMILES string of the molecule is COC(=O)c1ccc(N2C[C@H](C(=O)OCC(=O)Nc3ccc(OC)cc3)CC2=O)cc1. The number of benzene rings is 2. The van der Waals surface area contributed by atoms with Crippen LogP contribution in [0.5, 0.6) is 5.75 Å². The predicted molar refractivity (Wildman–Crippen MR) is 111 cm³/mol. The van der Waals surface area contributed by atoms with Crippen molar-refractivity contribution in [3.63, 3.8) is 0 Å². The number of carbonyl (C=O) groups excluding carboxylic acids is 4. The Morgan fingerprint density at radius 2 is 1.71 bits per heavy atom. The van der Waals surface area contributed by atoms with Gasteiger partial charge in [-0.1, -0.05) is 0 Å². The number of amides is 2. The van der Waals surface area contributed by atoms with Crippen LogP contribution in [-0.2, 0) is 23.9 Å². The van der Waals surface area contributed by atoms with Crippen molar-refractivity contribution in [1.82, 2.24) is 0 Å². The molecule has 0 saturated carbocycles. The zero-order valence-electron chi connectivity index (χ0n) is 17.1. The van der Waals surface area contributed by atoms with Crippen LogP contribution in [0.1, 0.15) is 16.8 Å². The van der Waals surface area contributed by atoms with Crippen molar-refractivity contribution in [1.29, 1.82) is 0 Å². The summed E-state index contributed by atoms with van der Waals surface area (Å²) in [6.07, 6.45) is -0.0162. The maximum Gasteiger partial charge on any atom is 0.337 e. The summed E-state index contributed by atoms with van der Waals surface area (Å²) in [4.78, 5) is 49.6. The lowest BCUT2D eigenvalue weighted by molar-refractivity contribution is -0.151. The van der Waals surface area contributed by atoms with E-state index in [0.717, 1.165) is 0 Å². The lowest BCUT2D eigenvalue weighted by atomic mass is 10.1. The van der Waals surface area contributed by atoms with Gasteiger partial charge >= 0.3 is 11.9 Å². The summed E-state index contributed by atoms with van der Waals surface area (Å²) in [6.45, 7) is -0.321. The number of esters is 2. The molecule has 0 spiro atoms. The van der Waals surface area contributed by atoms with Gasteiger partial charge in [-0.15, -0.1) is 0 Å². The Kier molecular flexibility index (Phi) is 6.86. The van der Waals surface area contributed by atoms with Crippen molar-refractivity contribution in [2.24, 2.45) is 5.92 Å². The molecule has 162 valence electrons. The minimum Gasteiger partial charge on any atom is -0.497 e. The molecule has 0 bridgehead atoms. The van der Waals surface area contributed by atoms with Gasteiger partial charge in [0.15, 0.2) is 6.61 Å². The predicted octanol–water partition coefficient (Wildman–Crippen LogP) is 2.02. The summed E-state index contributed by atoms with van der Waals surface area (Å²) in [6, 6.07) is 13.0. The Bertz CT molecular complexity index is 970. The molecule has 0 aliphatic carbocycles. The molecule has 0 radical (unpaired) electrons. The molecule has 0 unspecified atom stereocenters.